The number of Topliss-reactive ketones (excluding diaryl/α,β-unsaturated/α-hetero) is 1. The van der Waals surface area contributed by atoms with Crippen LogP contribution in [-0.2, 0) is 6.42 Å². The molecule has 0 aliphatic rings. The Labute approximate surface area is 91.5 Å². The van der Waals surface area contributed by atoms with Crippen LogP contribution in [0.3, 0.4) is 0 Å². The average molecular weight is 205 g/mol. The van der Waals surface area contributed by atoms with Crippen LogP contribution in [0.5, 0.6) is 0 Å². The number of hydrogen-bond acceptors (Lipinski definition) is 2. The van der Waals surface area contributed by atoms with E-state index < -0.39 is 0 Å². The van der Waals surface area contributed by atoms with Crippen LogP contribution in [0.2, 0.25) is 0 Å². The van der Waals surface area contributed by atoms with Gasteiger partial charge in [0.2, 0.25) is 0 Å². The van der Waals surface area contributed by atoms with Crippen LogP contribution in [0.25, 0.3) is 0 Å². The van der Waals surface area contributed by atoms with Crippen molar-refractivity contribution in [3.8, 4) is 0 Å². The predicted octanol–water partition coefficient (Wildman–Crippen LogP) is 2.51. The Kier molecular flexibility index (Phi) is 4.04. The van der Waals surface area contributed by atoms with Gasteiger partial charge in [-0.25, -0.2) is 0 Å². The van der Waals surface area contributed by atoms with Gasteiger partial charge in [-0.05, 0) is 29.5 Å². The highest BCUT2D eigenvalue weighted by atomic mass is 16.1. The number of rotatable bonds is 4. The van der Waals surface area contributed by atoms with Gasteiger partial charge in [0.05, 0.1) is 6.54 Å². The number of carbonyl (C=O) groups is 1. The molecular weight excluding hydrogens is 186 g/mol. The van der Waals surface area contributed by atoms with Crippen LogP contribution in [0, 0.1) is 0 Å². The monoisotopic (exact) mass is 205 g/mol. The molecule has 2 N–H and O–H groups in total. The van der Waals surface area contributed by atoms with Crippen LogP contribution in [0.15, 0.2) is 18.2 Å². The summed E-state index contributed by atoms with van der Waals surface area (Å²) in [7, 11) is 0. The molecule has 0 aliphatic carbocycles. The van der Waals surface area contributed by atoms with Gasteiger partial charge in [0.25, 0.3) is 0 Å². The summed E-state index contributed by atoms with van der Waals surface area (Å²) >= 11 is 0. The second kappa shape index (κ2) is 5.08. The Morgan fingerprint density at radius 2 is 2.07 bits per heavy atom. The standard InChI is InChI=1S/C13H19NO/c1-4-10-5-6-11(9(2)3)12(7-10)13(15)8-14/h5-7,9H,4,8,14H2,1-3H3. The minimum atomic E-state index is 0.0361. The SMILES string of the molecule is CCc1ccc(C(C)C)c(C(=O)CN)c1. The first kappa shape index (κ1) is 11.9. The van der Waals surface area contributed by atoms with E-state index in [0.29, 0.717) is 5.92 Å². The number of aryl methyl sites for hydroxylation is 1. The zero-order valence-electron chi connectivity index (χ0n) is 9.71. The van der Waals surface area contributed by atoms with Crippen LogP contribution in [0.4, 0.5) is 0 Å². The van der Waals surface area contributed by atoms with Gasteiger partial charge in [0, 0.05) is 5.56 Å². The smallest absolute Gasteiger partial charge is 0.176 e. The van der Waals surface area contributed by atoms with Crippen molar-refractivity contribution in [2.24, 2.45) is 5.73 Å². The summed E-state index contributed by atoms with van der Waals surface area (Å²) in [5, 5.41) is 0. The van der Waals surface area contributed by atoms with Crippen LogP contribution >= 0.6 is 0 Å². The van der Waals surface area contributed by atoms with Gasteiger partial charge in [-0.15, -0.1) is 0 Å². The topological polar surface area (TPSA) is 43.1 Å². The van der Waals surface area contributed by atoms with Crippen molar-refractivity contribution in [3.05, 3.63) is 34.9 Å². The fourth-order valence-corrected chi connectivity index (χ4v) is 1.68. The fourth-order valence-electron chi connectivity index (χ4n) is 1.68. The molecule has 0 aromatic heterocycles. The molecule has 0 aliphatic heterocycles. The van der Waals surface area contributed by atoms with Crippen molar-refractivity contribution in [1.82, 2.24) is 0 Å². The zero-order chi connectivity index (χ0) is 11.4. The lowest BCUT2D eigenvalue weighted by molar-refractivity contribution is 0.1000. The Morgan fingerprint density at radius 3 is 2.53 bits per heavy atom. The highest BCUT2D eigenvalue weighted by Crippen LogP contribution is 2.21. The van der Waals surface area contributed by atoms with Crippen molar-refractivity contribution >= 4 is 5.78 Å². The summed E-state index contributed by atoms with van der Waals surface area (Å²) in [5.74, 6) is 0.399. The van der Waals surface area contributed by atoms with Gasteiger partial charge in [-0.2, -0.15) is 0 Å². The maximum Gasteiger partial charge on any atom is 0.176 e. The molecule has 1 rings (SSSR count). The lowest BCUT2D eigenvalue weighted by Gasteiger charge is -2.12. The average Bonchev–Trinajstić information content (AvgIpc) is 2.26. The fraction of sp³-hybridized carbons (Fsp3) is 0.462. The van der Waals surface area contributed by atoms with Crippen molar-refractivity contribution in [1.29, 1.82) is 0 Å². The molecule has 0 saturated heterocycles. The molecule has 0 saturated carbocycles. The highest BCUT2D eigenvalue weighted by molar-refractivity contribution is 5.99. The van der Waals surface area contributed by atoms with E-state index in [0.717, 1.165) is 17.5 Å². The quantitative estimate of drug-likeness (QED) is 0.767. The van der Waals surface area contributed by atoms with E-state index in [2.05, 4.69) is 26.8 Å². The molecular formula is C13H19NO. The van der Waals surface area contributed by atoms with Crippen molar-refractivity contribution in [3.63, 3.8) is 0 Å². The molecule has 0 unspecified atom stereocenters. The molecule has 2 nitrogen and oxygen atoms in total. The van der Waals surface area contributed by atoms with Gasteiger partial charge in [0.15, 0.2) is 5.78 Å². The van der Waals surface area contributed by atoms with E-state index in [1.54, 1.807) is 0 Å². The molecule has 0 atom stereocenters. The molecule has 0 bridgehead atoms. The summed E-state index contributed by atoms with van der Waals surface area (Å²) < 4.78 is 0. The van der Waals surface area contributed by atoms with E-state index in [1.807, 2.05) is 12.1 Å². The van der Waals surface area contributed by atoms with Crippen molar-refractivity contribution in [2.45, 2.75) is 33.1 Å². The first-order valence-electron chi connectivity index (χ1n) is 5.46. The number of ketones is 1. The lowest BCUT2D eigenvalue weighted by atomic mass is 9.92. The Morgan fingerprint density at radius 1 is 1.40 bits per heavy atom. The Hall–Kier alpha value is -1.15. The largest absolute Gasteiger partial charge is 0.324 e. The Bertz CT molecular complexity index is 356. The molecule has 82 valence electrons. The summed E-state index contributed by atoms with van der Waals surface area (Å²) in [6, 6.07) is 6.11. The van der Waals surface area contributed by atoms with Crippen molar-refractivity contribution < 1.29 is 4.79 Å². The van der Waals surface area contributed by atoms with E-state index in [9.17, 15) is 4.79 Å². The summed E-state index contributed by atoms with van der Waals surface area (Å²) in [4.78, 5) is 11.7. The van der Waals surface area contributed by atoms with Gasteiger partial charge in [0.1, 0.15) is 0 Å². The summed E-state index contributed by atoms with van der Waals surface area (Å²) in [6.45, 7) is 6.36. The van der Waals surface area contributed by atoms with Crippen LogP contribution in [0.1, 0.15) is 48.2 Å². The molecule has 0 amide bonds. The lowest BCUT2D eigenvalue weighted by Crippen LogP contribution is -2.16. The highest BCUT2D eigenvalue weighted by Gasteiger charge is 2.12. The summed E-state index contributed by atoms with van der Waals surface area (Å²) in [5.41, 5.74) is 8.50. The molecule has 1 aromatic rings. The van der Waals surface area contributed by atoms with Crippen LogP contribution < -0.4 is 5.73 Å². The molecule has 0 spiro atoms. The normalized spacial score (nSPS) is 10.7. The molecule has 0 heterocycles. The van der Waals surface area contributed by atoms with Gasteiger partial charge in [-0.1, -0.05) is 32.9 Å². The summed E-state index contributed by atoms with van der Waals surface area (Å²) in [6.07, 6.45) is 0.948. The maximum atomic E-state index is 11.7. The first-order chi connectivity index (χ1) is 7.10. The van der Waals surface area contributed by atoms with E-state index >= 15 is 0 Å². The zero-order valence-corrected chi connectivity index (χ0v) is 9.71. The third kappa shape index (κ3) is 2.66. The second-order valence-electron chi connectivity index (χ2n) is 4.06. The molecule has 0 fully saturated rings. The van der Waals surface area contributed by atoms with Crippen LogP contribution in [-0.4, -0.2) is 12.3 Å². The predicted molar refractivity (Wildman–Crippen MR) is 63.3 cm³/mol. The molecule has 2 heteroatoms. The third-order valence-corrected chi connectivity index (χ3v) is 2.63. The molecule has 1 aromatic carbocycles. The van der Waals surface area contributed by atoms with Gasteiger partial charge < -0.3 is 5.73 Å². The molecule has 0 radical (unpaired) electrons. The van der Waals surface area contributed by atoms with E-state index in [4.69, 9.17) is 5.73 Å². The number of benzene rings is 1. The minimum Gasteiger partial charge on any atom is -0.324 e. The van der Waals surface area contributed by atoms with Gasteiger partial charge in [-0.3, -0.25) is 4.79 Å². The van der Waals surface area contributed by atoms with E-state index in [-0.39, 0.29) is 12.3 Å². The van der Waals surface area contributed by atoms with Gasteiger partial charge >= 0.3 is 0 Å². The maximum absolute atomic E-state index is 11.7. The van der Waals surface area contributed by atoms with Crippen molar-refractivity contribution in [2.75, 3.05) is 6.54 Å². The minimum absolute atomic E-state index is 0.0361. The number of carbonyl (C=O) groups excluding carboxylic acids is 1. The van der Waals surface area contributed by atoms with E-state index in [1.165, 1.54) is 5.56 Å². The first-order valence-corrected chi connectivity index (χ1v) is 5.46. The Balaban J connectivity index is 3.22. The second-order valence-corrected chi connectivity index (χ2v) is 4.06. The third-order valence-electron chi connectivity index (χ3n) is 2.63. The number of nitrogens with two attached hydrogens (primary N) is 1. The number of hydrogen-bond donors (Lipinski definition) is 1. The molecule has 15 heavy (non-hydrogen) atoms.